The molecular weight excluding hydrogens is 388 g/mol. The predicted molar refractivity (Wildman–Crippen MR) is 118 cm³/mol. The normalized spacial score (nSPS) is 60.9. The highest BCUT2D eigenvalue weighted by molar-refractivity contribution is 5.87. The van der Waals surface area contributed by atoms with Crippen molar-refractivity contribution in [2.45, 2.75) is 103 Å². The quantitative estimate of drug-likeness (QED) is 0.589. The SMILES string of the molecule is C[C@H]1CC[C@]2(OC1)O[C@@H]1C[C@@H]3[C@H]4CC[C@@H]5C[C@H](O)CC[C@@]5(C)[C@@H]4CC(=O)[C@@]3(C)[C@@H]1[C@H]2C. The molecule has 31 heavy (non-hydrogen) atoms. The molecule has 4 aliphatic carbocycles. The average Bonchev–Trinajstić information content (AvgIpc) is 3.18. The van der Waals surface area contributed by atoms with E-state index in [2.05, 4.69) is 27.7 Å². The molecule has 4 heteroatoms. The van der Waals surface area contributed by atoms with Crippen LogP contribution in [-0.4, -0.2) is 35.5 Å². The van der Waals surface area contributed by atoms with Crippen molar-refractivity contribution in [3.05, 3.63) is 0 Å². The van der Waals surface area contributed by atoms with Crippen LogP contribution in [0.25, 0.3) is 0 Å². The Hall–Kier alpha value is -0.450. The maximum atomic E-state index is 14.0. The first kappa shape index (κ1) is 21.1. The molecule has 12 atom stereocenters. The summed E-state index contributed by atoms with van der Waals surface area (Å²) >= 11 is 0. The Morgan fingerprint density at radius 1 is 1.00 bits per heavy atom. The predicted octanol–water partition coefficient (Wildman–Crippen LogP) is 4.97. The van der Waals surface area contributed by atoms with E-state index in [1.54, 1.807) is 0 Å². The molecule has 2 aliphatic heterocycles. The topological polar surface area (TPSA) is 55.8 Å². The second-order valence-electron chi connectivity index (χ2n) is 13.0. The first-order valence-corrected chi connectivity index (χ1v) is 13.2. The van der Waals surface area contributed by atoms with Gasteiger partial charge in [0, 0.05) is 30.1 Å². The number of carbonyl (C=O) groups excluding carboxylic acids is 1. The summed E-state index contributed by atoms with van der Waals surface area (Å²) in [5.41, 5.74) is -0.0221. The highest BCUT2D eigenvalue weighted by Crippen LogP contribution is 2.70. The van der Waals surface area contributed by atoms with Gasteiger partial charge in [0.1, 0.15) is 5.78 Å². The Balaban J connectivity index is 1.30. The molecular formula is C27H42O4. The molecule has 0 radical (unpaired) electrons. The van der Waals surface area contributed by atoms with Gasteiger partial charge in [-0.05, 0) is 80.0 Å². The minimum Gasteiger partial charge on any atom is -0.393 e. The molecule has 1 spiro atoms. The van der Waals surface area contributed by atoms with Gasteiger partial charge in [0.25, 0.3) is 0 Å². The van der Waals surface area contributed by atoms with Crippen LogP contribution in [0.15, 0.2) is 0 Å². The van der Waals surface area contributed by atoms with E-state index in [9.17, 15) is 9.90 Å². The molecule has 0 aromatic rings. The van der Waals surface area contributed by atoms with Crippen LogP contribution < -0.4 is 0 Å². The number of ether oxygens (including phenoxy) is 2. The van der Waals surface area contributed by atoms with Gasteiger partial charge in [0.05, 0.1) is 18.8 Å². The zero-order valence-corrected chi connectivity index (χ0v) is 19.9. The number of fused-ring (bicyclic) bond motifs is 7. The molecule has 6 aliphatic rings. The molecule has 4 nitrogen and oxygen atoms in total. The smallest absolute Gasteiger partial charge is 0.171 e. The standard InChI is InChI=1S/C27H42O4/c1-15-7-10-27(30-14-15)16(2)24-22(31-27)12-21-19-6-5-17-11-18(28)8-9-25(17,3)20(19)13-23(29)26(21,24)4/h15-22,24,28H,5-14H2,1-4H3/t15-,16+,17+,18+,19-,20+,21+,22+,24+,25+,26-,27-/m0/s1. The minimum absolute atomic E-state index is 0.131. The first-order chi connectivity index (χ1) is 14.7. The fraction of sp³-hybridized carbons (Fsp3) is 0.963. The Bertz CT molecular complexity index is 756. The van der Waals surface area contributed by atoms with E-state index in [1.807, 2.05) is 0 Å². The van der Waals surface area contributed by atoms with Crippen LogP contribution in [0.5, 0.6) is 0 Å². The van der Waals surface area contributed by atoms with Crippen LogP contribution in [-0.2, 0) is 14.3 Å². The number of carbonyl (C=O) groups is 1. The van der Waals surface area contributed by atoms with E-state index in [0.29, 0.717) is 41.3 Å². The number of hydrogen-bond donors (Lipinski definition) is 1. The lowest BCUT2D eigenvalue weighted by atomic mass is 9.44. The van der Waals surface area contributed by atoms with Crippen LogP contribution in [0.4, 0.5) is 0 Å². The lowest BCUT2D eigenvalue weighted by Gasteiger charge is -2.60. The molecule has 2 heterocycles. The second kappa shape index (κ2) is 6.79. The molecule has 174 valence electrons. The summed E-state index contributed by atoms with van der Waals surface area (Å²) in [4.78, 5) is 14.0. The third-order valence-corrected chi connectivity index (χ3v) is 11.8. The number of aliphatic hydroxyl groups excluding tert-OH is 1. The number of ketones is 1. The minimum atomic E-state index is -0.448. The van der Waals surface area contributed by atoms with Crippen molar-refractivity contribution in [3.63, 3.8) is 0 Å². The maximum absolute atomic E-state index is 14.0. The van der Waals surface area contributed by atoms with Crippen LogP contribution in [0.2, 0.25) is 0 Å². The third-order valence-electron chi connectivity index (χ3n) is 11.8. The largest absolute Gasteiger partial charge is 0.393 e. The van der Waals surface area contributed by atoms with Crippen molar-refractivity contribution >= 4 is 5.78 Å². The fourth-order valence-electron chi connectivity index (χ4n) is 9.93. The van der Waals surface area contributed by atoms with Gasteiger partial charge in [-0.1, -0.05) is 27.7 Å². The van der Waals surface area contributed by atoms with E-state index >= 15 is 0 Å². The summed E-state index contributed by atoms with van der Waals surface area (Å²) in [6.07, 6.45) is 9.39. The summed E-state index contributed by atoms with van der Waals surface area (Å²) in [5, 5.41) is 10.3. The zero-order valence-electron chi connectivity index (χ0n) is 19.9. The van der Waals surface area contributed by atoms with Gasteiger partial charge >= 0.3 is 0 Å². The van der Waals surface area contributed by atoms with E-state index in [0.717, 1.165) is 51.6 Å². The van der Waals surface area contributed by atoms with Gasteiger partial charge < -0.3 is 14.6 Å². The van der Waals surface area contributed by atoms with Crippen molar-refractivity contribution < 1.29 is 19.4 Å². The number of rotatable bonds is 0. The van der Waals surface area contributed by atoms with Gasteiger partial charge in [-0.2, -0.15) is 0 Å². The molecule has 0 amide bonds. The Labute approximate surface area is 187 Å². The maximum Gasteiger partial charge on any atom is 0.171 e. The lowest BCUT2D eigenvalue weighted by Crippen LogP contribution is -2.58. The van der Waals surface area contributed by atoms with E-state index in [-0.39, 0.29) is 29.0 Å². The summed E-state index contributed by atoms with van der Waals surface area (Å²) < 4.78 is 13.2. The van der Waals surface area contributed by atoms with Gasteiger partial charge in [0.15, 0.2) is 5.79 Å². The molecule has 6 fully saturated rings. The van der Waals surface area contributed by atoms with Crippen molar-refractivity contribution in [3.8, 4) is 0 Å². The van der Waals surface area contributed by atoms with Gasteiger partial charge in [-0.3, -0.25) is 4.79 Å². The van der Waals surface area contributed by atoms with Crippen LogP contribution >= 0.6 is 0 Å². The van der Waals surface area contributed by atoms with E-state index < -0.39 is 5.79 Å². The molecule has 0 unspecified atom stereocenters. The lowest BCUT2D eigenvalue weighted by molar-refractivity contribution is -0.272. The van der Waals surface area contributed by atoms with Crippen LogP contribution in [0.1, 0.15) is 85.5 Å². The summed E-state index contributed by atoms with van der Waals surface area (Å²) in [6.45, 7) is 10.1. The molecule has 1 N–H and O–H groups in total. The Morgan fingerprint density at radius 2 is 1.81 bits per heavy atom. The van der Waals surface area contributed by atoms with Crippen molar-refractivity contribution in [1.82, 2.24) is 0 Å². The highest BCUT2D eigenvalue weighted by atomic mass is 16.7. The van der Waals surface area contributed by atoms with Crippen molar-refractivity contribution in [2.24, 2.45) is 52.3 Å². The van der Waals surface area contributed by atoms with Crippen molar-refractivity contribution in [2.75, 3.05) is 6.61 Å². The third kappa shape index (κ3) is 2.68. The zero-order chi connectivity index (χ0) is 21.8. The highest BCUT2D eigenvalue weighted by Gasteiger charge is 2.71. The van der Waals surface area contributed by atoms with E-state index in [1.165, 1.54) is 12.8 Å². The van der Waals surface area contributed by atoms with Gasteiger partial charge in [0.2, 0.25) is 0 Å². The van der Waals surface area contributed by atoms with Crippen LogP contribution in [0.3, 0.4) is 0 Å². The Morgan fingerprint density at radius 3 is 2.55 bits per heavy atom. The first-order valence-electron chi connectivity index (χ1n) is 13.2. The Kier molecular flexibility index (Phi) is 4.62. The molecule has 0 aromatic carbocycles. The number of Topliss-reactive ketones (excluding diaryl/α,β-unsaturated/α-hetero) is 1. The van der Waals surface area contributed by atoms with Gasteiger partial charge in [-0.25, -0.2) is 0 Å². The fourth-order valence-corrected chi connectivity index (χ4v) is 9.93. The molecule has 6 rings (SSSR count). The molecule has 0 bridgehead atoms. The molecule has 0 aromatic heterocycles. The monoisotopic (exact) mass is 430 g/mol. The summed E-state index contributed by atoms with van der Waals surface area (Å²) in [5.74, 6) is 3.45. The number of aliphatic hydroxyl groups is 1. The van der Waals surface area contributed by atoms with Crippen molar-refractivity contribution in [1.29, 1.82) is 0 Å². The second-order valence-corrected chi connectivity index (χ2v) is 13.0. The molecule has 2 saturated heterocycles. The summed E-state index contributed by atoms with van der Waals surface area (Å²) in [7, 11) is 0. The number of hydrogen-bond acceptors (Lipinski definition) is 4. The summed E-state index contributed by atoms with van der Waals surface area (Å²) in [6, 6.07) is 0. The van der Waals surface area contributed by atoms with E-state index in [4.69, 9.17) is 9.47 Å². The molecule has 4 saturated carbocycles. The van der Waals surface area contributed by atoms with Gasteiger partial charge in [-0.15, -0.1) is 0 Å². The van der Waals surface area contributed by atoms with Crippen LogP contribution in [0, 0.1) is 52.3 Å². The average molecular weight is 431 g/mol.